The van der Waals surface area contributed by atoms with Crippen LogP contribution >= 0.6 is 11.3 Å². The molecule has 7 heteroatoms. The third-order valence-corrected chi connectivity index (χ3v) is 4.35. The van der Waals surface area contributed by atoms with Crippen molar-refractivity contribution in [3.05, 3.63) is 46.7 Å². The van der Waals surface area contributed by atoms with E-state index in [9.17, 15) is 13.2 Å². The summed E-state index contributed by atoms with van der Waals surface area (Å²) < 4.78 is 37.5. The molecule has 0 aliphatic heterocycles. The highest BCUT2D eigenvalue weighted by Crippen LogP contribution is 2.28. The summed E-state index contributed by atoms with van der Waals surface area (Å²) in [6.07, 6.45) is -0.00258. The Kier molecular flexibility index (Phi) is 5.90. The van der Waals surface area contributed by atoms with E-state index in [1.165, 1.54) is 0 Å². The fourth-order valence-corrected chi connectivity index (χ4v) is 2.86. The van der Waals surface area contributed by atoms with Crippen LogP contribution in [0.1, 0.15) is 42.3 Å². The zero-order valence-corrected chi connectivity index (χ0v) is 13.0. The summed E-state index contributed by atoms with van der Waals surface area (Å²) in [7, 11) is 0. The Bertz CT molecular complexity index is 543. The lowest BCUT2D eigenvalue weighted by Crippen LogP contribution is -2.27. The summed E-state index contributed by atoms with van der Waals surface area (Å²) in [5, 5.41) is 6.10. The first-order valence-electron chi connectivity index (χ1n) is 7.05. The average molecular weight is 329 g/mol. The zero-order chi connectivity index (χ0) is 16.0. The molecule has 2 aromatic rings. The number of rotatable bonds is 7. The van der Waals surface area contributed by atoms with E-state index in [1.807, 2.05) is 12.3 Å². The quantitative estimate of drug-likeness (QED) is 0.822. The summed E-state index contributed by atoms with van der Waals surface area (Å²) in [4.78, 5) is 8.23. The van der Waals surface area contributed by atoms with Crippen LogP contribution in [0, 0.1) is 0 Å². The highest BCUT2D eigenvalue weighted by molar-refractivity contribution is 7.09. The first kappa shape index (κ1) is 16.9. The summed E-state index contributed by atoms with van der Waals surface area (Å²) in [6.45, 7) is 2.58. The van der Waals surface area contributed by atoms with Crippen LogP contribution < -0.4 is 5.32 Å². The largest absolute Gasteiger partial charge is 0.389 e. The number of halogens is 3. The van der Waals surface area contributed by atoms with Gasteiger partial charge in [-0.3, -0.25) is 4.98 Å². The number of hydrogen-bond acceptors (Lipinski definition) is 4. The minimum absolute atomic E-state index is 0.000216. The Labute approximate surface area is 131 Å². The van der Waals surface area contributed by atoms with Crippen LogP contribution in [0.15, 0.2) is 36.1 Å². The molecule has 2 atom stereocenters. The van der Waals surface area contributed by atoms with Gasteiger partial charge in [0.05, 0.1) is 5.01 Å². The van der Waals surface area contributed by atoms with E-state index in [0.717, 1.165) is 10.6 Å². The normalized spacial score (nSPS) is 14.7. The maximum absolute atomic E-state index is 12.5. The lowest BCUT2D eigenvalue weighted by Gasteiger charge is -2.21. The molecule has 0 aliphatic carbocycles. The number of nitrogens with one attached hydrogen (secondary N) is 1. The van der Waals surface area contributed by atoms with E-state index < -0.39 is 12.6 Å². The van der Waals surface area contributed by atoms with Crippen molar-refractivity contribution in [2.45, 2.75) is 37.9 Å². The monoisotopic (exact) mass is 329 g/mol. The smallest absolute Gasteiger partial charge is 0.309 e. The van der Waals surface area contributed by atoms with Crippen molar-refractivity contribution in [2.75, 3.05) is 6.54 Å². The molecule has 0 saturated carbocycles. The molecule has 2 aromatic heterocycles. The highest BCUT2D eigenvalue weighted by atomic mass is 32.1. The summed E-state index contributed by atoms with van der Waals surface area (Å²) in [5.41, 5.74) is 0.776. The molecule has 3 nitrogen and oxygen atoms in total. The molecule has 0 radical (unpaired) electrons. The van der Waals surface area contributed by atoms with Gasteiger partial charge in [-0.2, -0.15) is 13.2 Å². The summed E-state index contributed by atoms with van der Waals surface area (Å²) in [6, 6.07) is 3.18. The molecule has 0 aliphatic rings. The van der Waals surface area contributed by atoms with Crippen molar-refractivity contribution in [1.29, 1.82) is 0 Å². The van der Waals surface area contributed by atoms with Crippen molar-refractivity contribution in [1.82, 2.24) is 15.3 Å². The van der Waals surface area contributed by atoms with Crippen molar-refractivity contribution in [3.8, 4) is 0 Å². The van der Waals surface area contributed by atoms with Crippen molar-refractivity contribution >= 4 is 11.3 Å². The van der Waals surface area contributed by atoms with E-state index in [-0.39, 0.29) is 18.4 Å². The third kappa shape index (κ3) is 5.38. The van der Waals surface area contributed by atoms with Gasteiger partial charge in [0, 0.05) is 48.9 Å². The van der Waals surface area contributed by atoms with Gasteiger partial charge in [0.2, 0.25) is 0 Å². The van der Waals surface area contributed by atoms with Gasteiger partial charge in [-0.1, -0.05) is 13.0 Å². The minimum Gasteiger partial charge on any atom is -0.309 e. The SMILES string of the molecule is CC(CNC(CCC(F)(F)F)c1cccnc1)c1nccs1. The number of hydrogen-bond donors (Lipinski definition) is 1. The van der Waals surface area contributed by atoms with E-state index in [2.05, 4.69) is 15.3 Å². The number of alkyl halides is 3. The van der Waals surface area contributed by atoms with Crippen LogP contribution in [-0.4, -0.2) is 22.7 Å². The Morgan fingerprint density at radius 2 is 2.14 bits per heavy atom. The molecule has 0 amide bonds. The van der Waals surface area contributed by atoms with Crippen LogP contribution in [0.2, 0.25) is 0 Å². The van der Waals surface area contributed by atoms with Gasteiger partial charge in [0.15, 0.2) is 0 Å². The second-order valence-electron chi connectivity index (χ2n) is 5.17. The van der Waals surface area contributed by atoms with Crippen molar-refractivity contribution in [2.24, 2.45) is 0 Å². The fraction of sp³-hybridized carbons (Fsp3) is 0.467. The number of aromatic nitrogens is 2. The molecule has 2 heterocycles. The summed E-state index contributed by atoms with van der Waals surface area (Å²) >= 11 is 1.55. The van der Waals surface area contributed by atoms with Crippen LogP contribution in [0.4, 0.5) is 13.2 Å². The van der Waals surface area contributed by atoms with Crippen LogP contribution in [0.5, 0.6) is 0 Å². The molecule has 0 fully saturated rings. The lowest BCUT2D eigenvalue weighted by molar-refractivity contribution is -0.136. The van der Waals surface area contributed by atoms with Gasteiger partial charge in [-0.25, -0.2) is 4.98 Å². The molecule has 120 valence electrons. The molecule has 22 heavy (non-hydrogen) atoms. The molecule has 1 N–H and O–H groups in total. The average Bonchev–Trinajstić information content (AvgIpc) is 3.01. The van der Waals surface area contributed by atoms with E-state index in [1.54, 1.807) is 42.1 Å². The Hall–Kier alpha value is -1.47. The molecule has 0 saturated heterocycles. The predicted molar refractivity (Wildman–Crippen MR) is 80.8 cm³/mol. The first-order valence-corrected chi connectivity index (χ1v) is 7.93. The Balaban J connectivity index is 1.98. The van der Waals surface area contributed by atoms with E-state index in [0.29, 0.717) is 6.54 Å². The first-order chi connectivity index (χ1) is 10.5. The fourth-order valence-electron chi connectivity index (χ4n) is 2.16. The molecule has 2 unspecified atom stereocenters. The maximum atomic E-state index is 12.5. The molecular formula is C15H18F3N3S. The van der Waals surface area contributed by atoms with Crippen LogP contribution in [-0.2, 0) is 0 Å². The second-order valence-corrected chi connectivity index (χ2v) is 6.10. The van der Waals surface area contributed by atoms with Gasteiger partial charge < -0.3 is 5.32 Å². The minimum atomic E-state index is -4.15. The molecule has 0 bridgehead atoms. The molecule has 2 rings (SSSR count). The second kappa shape index (κ2) is 7.69. The van der Waals surface area contributed by atoms with E-state index >= 15 is 0 Å². The molecule has 0 spiro atoms. The maximum Gasteiger partial charge on any atom is 0.389 e. The topological polar surface area (TPSA) is 37.8 Å². The van der Waals surface area contributed by atoms with Gasteiger partial charge in [0.25, 0.3) is 0 Å². The van der Waals surface area contributed by atoms with Crippen molar-refractivity contribution in [3.63, 3.8) is 0 Å². The number of nitrogens with zero attached hydrogens (tertiary/aromatic N) is 2. The highest BCUT2D eigenvalue weighted by Gasteiger charge is 2.29. The van der Waals surface area contributed by atoms with Gasteiger partial charge in [-0.05, 0) is 18.1 Å². The van der Waals surface area contributed by atoms with Gasteiger partial charge in [-0.15, -0.1) is 11.3 Å². The zero-order valence-electron chi connectivity index (χ0n) is 12.2. The summed E-state index contributed by atoms with van der Waals surface area (Å²) in [5.74, 6) is 0.157. The van der Waals surface area contributed by atoms with Crippen molar-refractivity contribution < 1.29 is 13.2 Å². The molecular weight excluding hydrogens is 311 g/mol. The number of pyridine rings is 1. The van der Waals surface area contributed by atoms with Gasteiger partial charge in [0.1, 0.15) is 0 Å². The Morgan fingerprint density at radius 3 is 2.73 bits per heavy atom. The van der Waals surface area contributed by atoms with Gasteiger partial charge >= 0.3 is 6.18 Å². The standard InChI is InChI=1S/C15H18F3N3S/c1-11(14-20-7-8-22-14)9-21-13(4-5-15(16,17)18)12-3-2-6-19-10-12/h2-3,6-8,10-11,13,21H,4-5,9H2,1H3. The van der Waals surface area contributed by atoms with Crippen LogP contribution in [0.3, 0.4) is 0 Å². The van der Waals surface area contributed by atoms with E-state index in [4.69, 9.17) is 0 Å². The molecule has 0 aromatic carbocycles. The van der Waals surface area contributed by atoms with Crippen LogP contribution in [0.25, 0.3) is 0 Å². The predicted octanol–water partition coefficient (Wildman–Crippen LogP) is 4.32. The third-order valence-electron chi connectivity index (χ3n) is 3.35. The lowest BCUT2D eigenvalue weighted by atomic mass is 10.0. The number of thiazole rings is 1. The Morgan fingerprint density at radius 1 is 1.32 bits per heavy atom.